The molecule has 2 N–H and O–H groups in total. The maximum absolute atomic E-state index is 12.7. The zero-order valence-corrected chi connectivity index (χ0v) is 14.2. The first-order valence-electron chi connectivity index (χ1n) is 7.52. The Bertz CT molecular complexity index is 601. The maximum Gasteiger partial charge on any atom is 0.244 e. The van der Waals surface area contributed by atoms with E-state index in [-0.39, 0.29) is 5.54 Å². The zero-order valence-electron chi connectivity index (χ0n) is 13.4. The van der Waals surface area contributed by atoms with Crippen molar-refractivity contribution < 1.29 is 8.42 Å². The van der Waals surface area contributed by atoms with E-state index in [1.807, 2.05) is 20.9 Å². The zero-order chi connectivity index (χ0) is 15.7. The van der Waals surface area contributed by atoms with E-state index in [0.29, 0.717) is 22.8 Å². The molecule has 2 rings (SSSR count). The van der Waals surface area contributed by atoms with Gasteiger partial charge in [0.2, 0.25) is 10.0 Å². The van der Waals surface area contributed by atoms with E-state index >= 15 is 0 Å². The minimum absolute atomic E-state index is 0.315. The molecule has 0 bridgehead atoms. The van der Waals surface area contributed by atoms with Crippen LogP contribution in [0.1, 0.15) is 44.0 Å². The summed E-state index contributed by atoms with van der Waals surface area (Å²) in [6.07, 6.45) is 3.97. The number of aromatic nitrogens is 2. The molecule has 120 valence electrons. The Morgan fingerprint density at radius 3 is 2.48 bits per heavy atom. The van der Waals surface area contributed by atoms with Gasteiger partial charge in [-0.15, -0.1) is 0 Å². The standard InChI is InChI=1S/C14H26N4O2S/c1-11-13(12(2)18(16-11)10-9-15-4)21(19,20)17-14(3)7-5-6-8-14/h15,17H,5-10H2,1-4H3. The van der Waals surface area contributed by atoms with Crippen LogP contribution in [0.15, 0.2) is 4.90 Å². The first-order valence-corrected chi connectivity index (χ1v) is 9.00. The van der Waals surface area contributed by atoms with Crippen LogP contribution in [0.5, 0.6) is 0 Å². The minimum Gasteiger partial charge on any atom is -0.318 e. The van der Waals surface area contributed by atoms with Crippen molar-refractivity contribution in [3.63, 3.8) is 0 Å². The number of sulfonamides is 1. The van der Waals surface area contributed by atoms with Gasteiger partial charge in [0.1, 0.15) is 4.90 Å². The van der Waals surface area contributed by atoms with Crippen LogP contribution < -0.4 is 10.0 Å². The Morgan fingerprint density at radius 2 is 1.90 bits per heavy atom. The molecule has 0 spiro atoms. The van der Waals surface area contributed by atoms with Gasteiger partial charge in [0.15, 0.2) is 0 Å². The predicted octanol–water partition coefficient (Wildman–Crippen LogP) is 1.33. The minimum atomic E-state index is -3.52. The van der Waals surface area contributed by atoms with Crippen molar-refractivity contribution in [2.45, 2.75) is 63.4 Å². The Kier molecular flexibility index (Phi) is 4.75. The lowest BCUT2D eigenvalue weighted by atomic mass is 10.0. The molecule has 0 atom stereocenters. The van der Waals surface area contributed by atoms with Gasteiger partial charge in [-0.1, -0.05) is 12.8 Å². The van der Waals surface area contributed by atoms with Crippen molar-refractivity contribution in [3.8, 4) is 0 Å². The van der Waals surface area contributed by atoms with Crippen LogP contribution in [0, 0.1) is 13.8 Å². The molecular weight excluding hydrogens is 288 g/mol. The summed E-state index contributed by atoms with van der Waals surface area (Å²) in [6.45, 7) is 6.99. The smallest absolute Gasteiger partial charge is 0.244 e. The molecule has 6 nitrogen and oxygen atoms in total. The van der Waals surface area contributed by atoms with Gasteiger partial charge in [0, 0.05) is 12.1 Å². The first-order chi connectivity index (χ1) is 9.79. The molecule has 0 unspecified atom stereocenters. The monoisotopic (exact) mass is 314 g/mol. The lowest BCUT2D eigenvalue weighted by molar-refractivity contribution is 0.427. The second kappa shape index (κ2) is 6.06. The molecule has 0 saturated heterocycles. The van der Waals surface area contributed by atoms with Crippen molar-refractivity contribution in [2.24, 2.45) is 0 Å². The highest BCUT2D eigenvalue weighted by Gasteiger charge is 2.35. The largest absolute Gasteiger partial charge is 0.318 e. The molecule has 0 amide bonds. The van der Waals surface area contributed by atoms with E-state index in [1.165, 1.54) is 0 Å². The average molecular weight is 314 g/mol. The van der Waals surface area contributed by atoms with Crippen molar-refractivity contribution in [1.82, 2.24) is 19.8 Å². The van der Waals surface area contributed by atoms with E-state index in [2.05, 4.69) is 15.1 Å². The Morgan fingerprint density at radius 1 is 1.29 bits per heavy atom. The van der Waals surface area contributed by atoms with Crippen molar-refractivity contribution in [2.75, 3.05) is 13.6 Å². The number of aryl methyl sites for hydroxylation is 1. The molecule has 1 fully saturated rings. The van der Waals surface area contributed by atoms with Crippen molar-refractivity contribution in [3.05, 3.63) is 11.4 Å². The van der Waals surface area contributed by atoms with Crippen LogP contribution in [0.3, 0.4) is 0 Å². The molecule has 1 saturated carbocycles. The number of nitrogens with one attached hydrogen (secondary N) is 2. The fourth-order valence-corrected chi connectivity index (χ4v) is 5.02. The predicted molar refractivity (Wildman–Crippen MR) is 82.8 cm³/mol. The van der Waals surface area contributed by atoms with E-state index in [4.69, 9.17) is 0 Å². The molecule has 1 aliphatic rings. The third kappa shape index (κ3) is 3.46. The summed E-state index contributed by atoms with van der Waals surface area (Å²) in [4.78, 5) is 0.340. The van der Waals surface area contributed by atoms with Gasteiger partial charge in [-0.05, 0) is 40.7 Å². The number of nitrogens with zero attached hydrogens (tertiary/aromatic N) is 2. The number of hydrogen-bond donors (Lipinski definition) is 2. The van der Waals surface area contributed by atoms with Gasteiger partial charge in [-0.3, -0.25) is 4.68 Å². The third-order valence-corrected chi connectivity index (χ3v) is 6.14. The second-order valence-electron chi connectivity index (χ2n) is 6.20. The first kappa shape index (κ1) is 16.5. The SMILES string of the molecule is CNCCn1nc(C)c(S(=O)(=O)NC2(C)CCCC2)c1C. The van der Waals surface area contributed by atoms with Crippen LogP contribution in [0.25, 0.3) is 0 Å². The molecule has 0 aromatic carbocycles. The summed E-state index contributed by atoms with van der Waals surface area (Å²) in [6, 6.07) is 0. The molecule has 1 aromatic rings. The highest BCUT2D eigenvalue weighted by molar-refractivity contribution is 7.89. The molecule has 1 aliphatic carbocycles. The molecule has 0 aliphatic heterocycles. The maximum atomic E-state index is 12.7. The Labute approximate surface area is 127 Å². The molecule has 0 radical (unpaired) electrons. The van der Waals surface area contributed by atoms with Gasteiger partial charge < -0.3 is 5.32 Å². The van der Waals surface area contributed by atoms with Crippen molar-refractivity contribution >= 4 is 10.0 Å². The van der Waals surface area contributed by atoms with Crippen LogP contribution in [0.2, 0.25) is 0 Å². The lowest BCUT2D eigenvalue weighted by Crippen LogP contribution is -2.43. The number of rotatable bonds is 6. The van der Waals surface area contributed by atoms with Gasteiger partial charge >= 0.3 is 0 Å². The highest BCUT2D eigenvalue weighted by Crippen LogP contribution is 2.31. The molecule has 21 heavy (non-hydrogen) atoms. The lowest BCUT2D eigenvalue weighted by Gasteiger charge is -2.25. The molecule has 1 aromatic heterocycles. The third-order valence-electron chi connectivity index (χ3n) is 4.25. The van der Waals surface area contributed by atoms with Crippen molar-refractivity contribution in [1.29, 1.82) is 0 Å². The van der Waals surface area contributed by atoms with Crippen LogP contribution in [-0.2, 0) is 16.6 Å². The van der Waals surface area contributed by atoms with E-state index in [9.17, 15) is 8.42 Å². The summed E-state index contributed by atoms with van der Waals surface area (Å²) in [5.74, 6) is 0. The van der Waals surface area contributed by atoms with Crippen LogP contribution >= 0.6 is 0 Å². The molecule has 7 heteroatoms. The summed E-state index contributed by atoms with van der Waals surface area (Å²) >= 11 is 0. The normalized spacial score (nSPS) is 18.3. The number of likely N-dealkylation sites (N-methyl/N-ethyl adjacent to an activating group) is 1. The highest BCUT2D eigenvalue weighted by atomic mass is 32.2. The van der Waals surface area contributed by atoms with Gasteiger partial charge in [-0.25, -0.2) is 13.1 Å². The Balaban J connectivity index is 2.29. The quantitative estimate of drug-likeness (QED) is 0.830. The molecule has 1 heterocycles. The van der Waals surface area contributed by atoms with Gasteiger partial charge in [0.05, 0.1) is 17.9 Å². The summed E-state index contributed by atoms with van der Waals surface area (Å²) in [5, 5.41) is 7.42. The van der Waals surface area contributed by atoms with Crippen LogP contribution in [0.4, 0.5) is 0 Å². The summed E-state index contributed by atoms with van der Waals surface area (Å²) < 4.78 is 30.1. The van der Waals surface area contributed by atoms with E-state index < -0.39 is 10.0 Å². The number of hydrogen-bond acceptors (Lipinski definition) is 4. The second-order valence-corrected chi connectivity index (χ2v) is 7.82. The van der Waals surface area contributed by atoms with Crippen LogP contribution in [-0.4, -0.2) is 37.3 Å². The Hall–Kier alpha value is -0.920. The summed E-state index contributed by atoms with van der Waals surface area (Å²) in [5.41, 5.74) is 0.958. The van der Waals surface area contributed by atoms with E-state index in [1.54, 1.807) is 11.6 Å². The molecular formula is C14H26N4O2S. The van der Waals surface area contributed by atoms with Gasteiger partial charge in [0.25, 0.3) is 0 Å². The fraction of sp³-hybridized carbons (Fsp3) is 0.786. The topological polar surface area (TPSA) is 76.0 Å². The fourth-order valence-electron chi connectivity index (χ4n) is 3.14. The van der Waals surface area contributed by atoms with Gasteiger partial charge in [-0.2, -0.15) is 5.10 Å². The average Bonchev–Trinajstić information content (AvgIpc) is 2.90. The summed E-state index contributed by atoms with van der Waals surface area (Å²) in [7, 11) is -1.65. The van der Waals surface area contributed by atoms with E-state index in [0.717, 1.165) is 32.2 Å².